The van der Waals surface area contributed by atoms with Crippen LogP contribution in [0.25, 0.3) is 0 Å². The molecule has 0 spiro atoms. The van der Waals surface area contributed by atoms with Crippen molar-refractivity contribution in [3.8, 4) is 0 Å². The number of methoxy groups -OCH3 is 1. The zero-order valence-corrected chi connectivity index (χ0v) is 16.3. The Kier molecular flexibility index (Phi) is 6.95. The summed E-state index contributed by atoms with van der Waals surface area (Å²) in [5.41, 5.74) is 1.23. The van der Waals surface area contributed by atoms with Gasteiger partial charge in [0.25, 0.3) is 0 Å². The summed E-state index contributed by atoms with van der Waals surface area (Å²) in [5, 5.41) is 12.7. The summed E-state index contributed by atoms with van der Waals surface area (Å²) in [4.78, 5) is 11.6. The van der Waals surface area contributed by atoms with E-state index in [2.05, 4.69) is 10.0 Å². The van der Waals surface area contributed by atoms with Crippen molar-refractivity contribution in [2.24, 2.45) is 0 Å². The number of aromatic carboxylic acids is 1. The van der Waals surface area contributed by atoms with Gasteiger partial charge in [-0.15, -0.1) is 0 Å². The van der Waals surface area contributed by atoms with Crippen LogP contribution in [0.15, 0.2) is 53.4 Å². The van der Waals surface area contributed by atoms with Gasteiger partial charge in [-0.2, -0.15) is 0 Å². The van der Waals surface area contributed by atoms with Crippen LogP contribution in [0.3, 0.4) is 0 Å². The molecule has 27 heavy (non-hydrogen) atoms. The number of carboxylic acids is 1. The van der Waals surface area contributed by atoms with Crippen molar-refractivity contribution in [3.63, 3.8) is 0 Å². The molecule has 2 rings (SSSR count). The molecule has 0 fully saturated rings. The topological polar surface area (TPSA) is 105 Å². The SMILES string of the molecule is COC[C@@H](C)NS(=O)(=O)c1ccc(N[C@@H](C)c2ccccc2)c(C(=O)O)c1. The van der Waals surface area contributed by atoms with Gasteiger partial charge in [0.1, 0.15) is 0 Å². The molecule has 2 aromatic rings. The first kappa shape index (κ1) is 20.9. The van der Waals surface area contributed by atoms with Gasteiger partial charge in [0.2, 0.25) is 10.0 Å². The van der Waals surface area contributed by atoms with Crippen molar-refractivity contribution in [1.82, 2.24) is 4.72 Å². The smallest absolute Gasteiger partial charge is 0.337 e. The van der Waals surface area contributed by atoms with Crippen LogP contribution in [0.2, 0.25) is 0 Å². The molecule has 0 aliphatic carbocycles. The molecule has 0 aromatic heterocycles. The number of sulfonamides is 1. The third-order valence-electron chi connectivity index (χ3n) is 3.98. The van der Waals surface area contributed by atoms with Gasteiger partial charge in [-0.25, -0.2) is 17.9 Å². The fraction of sp³-hybridized carbons (Fsp3) is 0.316. The molecule has 0 saturated heterocycles. The van der Waals surface area contributed by atoms with Gasteiger partial charge in [-0.1, -0.05) is 30.3 Å². The van der Waals surface area contributed by atoms with Crippen LogP contribution in [0, 0.1) is 0 Å². The lowest BCUT2D eigenvalue weighted by Crippen LogP contribution is -2.35. The van der Waals surface area contributed by atoms with E-state index < -0.39 is 22.0 Å². The molecule has 2 atom stereocenters. The quantitative estimate of drug-likeness (QED) is 0.606. The van der Waals surface area contributed by atoms with E-state index in [9.17, 15) is 18.3 Å². The first-order chi connectivity index (χ1) is 12.7. The number of anilines is 1. The van der Waals surface area contributed by atoms with Gasteiger partial charge in [0.15, 0.2) is 0 Å². The molecule has 2 aromatic carbocycles. The van der Waals surface area contributed by atoms with Crippen molar-refractivity contribution in [3.05, 3.63) is 59.7 Å². The maximum Gasteiger partial charge on any atom is 0.337 e. The van der Waals surface area contributed by atoms with Gasteiger partial charge < -0.3 is 15.2 Å². The van der Waals surface area contributed by atoms with E-state index in [-0.39, 0.29) is 23.1 Å². The summed E-state index contributed by atoms with van der Waals surface area (Å²) in [6.45, 7) is 3.77. The minimum Gasteiger partial charge on any atom is -0.478 e. The average molecular weight is 392 g/mol. The van der Waals surface area contributed by atoms with Crippen LogP contribution in [0.1, 0.15) is 35.8 Å². The van der Waals surface area contributed by atoms with Crippen molar-refractivity contribution in [2.45, 2.75) is 30.8 Å². The zero-order chi connectivity index (χ0) is 20.0. The molecular weight excluding hydrogens is 368 g/mol. The standard InChI is InChI=1S/C19H24N2O5S/c1-13(12-26-3)21-27(24,25)16-9-10-18(17(11-16)19(22)23)20-14(2)15-7-5-4-6-8-15/h4-11,13-14,20-21H,12H2,1-3H3,(H,22,23)/t13-,14+/m1/s1. The van der Waals surface area contributed by atoms with E-state index in [0.29, 0.717) is 5.69 Å². The molecule has 7 nitrogen and oxygen atoms in total. The Morgan fingerprint density at radius 1 is 1.15 bits per heavy atom. The van der Waals surface area contributed by atoms with E-state index in [1.807, 2.05) is 37.3 Å². The van der Waals surface area contributed by atoms with Gasteiger partial charge in [-0.05, 0) is 37.6 Å². The number of benzene rings is 2. The van der Waals surface area contributed by atoms with Crippen molar-refractivity contribution >= 4 is 21.7 Å². The Morgan fingerprint density at radius 3 is 2.41 bits per heavy atom. The Labute approximate surface area is 159 Å². The Hall–Kier alpha value is -2.42. The molecule has 0 heterocycles. The van der Waals surface area contributed by atoms with Gasteiger partial charge in [0, 0.05) is 24.9 Å². The number of nitrogens with one attached hydrogen (secondary N) is 2. The minimum absolute atomic E-state index is 0.110. The number of ether oxygens (including phenoxy) is 1. The first-order valence-electron chi connectivity index (χ1n) is 8.44. The Balaban J connectivity index is 2.30. The second-order valence-corrected chi connectivity index (χ2v) is 7.98. The van der Waals surface area contributed by atoms with Crippen LogP contribution in [-0.4, -0.2) is 39.3 Å². The van der Waals surface area contributed by atoms with E-state index >= 15 is 0 Å². The molecular formula is C19H24N2O5S. The minimum atomic E-state index is -3.86. The number of carbonyl (C=O) groups is 1. The van der Waals surface area contributed by atoms with E-state index in [1.54, 1.807) is 6.92 Å². The zero-order valence-electron chi connectivity index (χ0n) is 15.5. The summed E-state index contributed by atoms with van der Waals surface area (Å²) >= 11 is 0. The molecule has 0 amide bonds. The van der Waals surface area contributed by atoms with Gasteiger partial charge >= 0.3 is 5.97 Å². The lowest BCUT2D eigenvalue weighted by atomic mass is 10.1. The van der Waals surface area contributed by atoms with Gasteiger partial charge in [0.05, 0.1) is 17.1 Å². The second kappa shape index (κ2) is 8.98. The summed E-state index contributed by atoms with van der Waals surface area (Å²) < 4.78 is 32.3. The molecule has 0 radical (unpaired) electrons. The predicted molar refractivity (Wildman–Crippen MR) is 104 cm³/mol. The number of hydrogen-bond donors (Lipinski definition) is 3. The molecule has 146 valence electrons. The molecule has 0 aliphatic rings. The third kappa shape index (κ3) is 5.53. The largest absolute Gasteiger partial charge is 0.478 e. The van der Waals surface area contributed by atoms with E-state index in [4.69, 9.17) is 4.74 Å². The highest BCUT2D eigenvalue weighted by molar-refractivity contribution is 7.89. The summed E-state index contributed by atoms with van der Waals surface area (Å²) in [6, 6.07) is 13.0. The molecule has 8 heteroatoms. The lowest BCUT2D eigenvalue weighted by molar-refractivity contribution is 0.0697. The number of hydrogen-bond acceptors (Lipinski definition) is 5. The first-order valence-corrected chi connectivity index (χ1v) is 9.93. The normalized spacial score (nSPS) is 13.7. The third-order valence-corrected chi connectivity index (χ3v) is 5.56. The van der Waals surface area contributed by atoms with Crippen LogP contribution in [0.5, 0.6) is 0 Å². The average Bonchev–Trinajstić information content (AvgIpc) is 2.62. The van der Waals surface area contributed by atoms with E-state index in [1.165, 1.54) is 19.2 Å². The van der Waals surface area contributed by atoms with Crippen molar-refractivity contribution in [1.29, 1.82) is 0 Å². The molecule has 0 aliphatic heterocycles. The van der Waals surface area contributed by atoms with Crippen molar-refractivity contribution < 1.29 is 23.1 Å². The van der Waals surface area contributed by atoms with Crippen LogP contribution >= 0.6 is 0 Å². The molecule has 0 saturated carbocycles. The highest BCUT2D eigenvalue weighted by Gasteiger charge is 2.21. The van der Waals surface area contributed by atoms with Crippen molar-refractivity contribution in [2.75, 3.05) is 19.0 Å². The number of carboxylic acid groups (broad SMARTS) is 1. The van der Waals surface area contributed by atoms with E-state index in [0.717, 1.165) is 11.6 Å². The highest BCUT2D eigenvalue weighted by Crippen LogP contribution is 2.25. The Bertz CT molecular complexity index is 884. The monoisotopic (exact) mass is 392 g/mol. The van der Waals surface area contributed by atoms with Gasteiger partial charge in [-0.3, -0.25) is 0 Å². The molecule has 0 bridgehead atoms. The van der Waals surface area contributed by atoms with Crippen LogP contribution in [0.4, 0.5) is 5.69 Å². The lowest BCUT2D eigenvalue weighted by Gasteiger charge is -2.18. The fourth-order valence-electron chi connectivity index (χ4n) is 2.67. The fourth-order valence-corrected chi connectivity index (χ4v) is 3.92. The maximum atomic E-state index is 12.5. The highest BCUT2D eigenvalue weighted by atomic mass is 32.2. The Morgan fingerprint density at radius 2 is 1.81 bits per heavy atom. The van der Waals surface area contributed by atoms with Crippen LogP contribution < -0.4 is 10.0 Å². The second-order valence-electron chi connectivity index (χ2n) is 6.27. The number of rotatable bonds is 9. The maximum absolute atomic E-state index is 12.5. The predicted octanol–water partition coefficient (Wildman–Crippen LogP) is 2.87. The summed E-state index contributed by atoms with van der Waals surface area (Å²) in [6.07, 6.45) is 0. The summed E-state index contributed by atoms with van der Waals surface area (Å²) in [5.74, 6) is -1.21. The summed E-state index contributed by atoms with van der Waals surface area (Å²) in [7, 11) is -2.38. The molecule has 0 unspecified atom stereocenters. The molecule has 3 N–H and O–H groups in total. The van der Waals surface area contributed by atoms with Crippen LogP contribution in [-0.2, 0) is 14.8 Å².